The molecule has 6 nitrogen and oxygen atoms in total. The third kappa shape index (κ3) is 3.85. The van der Waals surface area contributed by atoms with E-state index in [1.54, 1.807) is 6.20 Å². The van der Waals surface area contributed by atoms with Crippen LogP contribution in [0, 0.1) is 6.92 Å². The summed E-state index contributed by atoms with van der Waals surface area (Å²) in [7, 11) is 0. The summed E-state index contributed by atoms with van der Waals surface area (Å²) in [6.07, 6.45) is 3.56. The van der Waals surface area contributed by atoms with Crippen molar-refractivity contribution >= 4 is 17.5 Å². The Hall–Kier alpha value is -3.41. The number of rotatable bonds is 5. The predicted octanol–water partition coefficient (Wildman–Crippen LogP) is 4.12. The van der Waals surface area contributed by atoms with Crippen LogP contribution in [0.4, 0.5) is 5.69 Å². The second-order valence-corrected chi connectivity index (χ2v) is 7.77. The number of nitrogens with zero attached hydrogens (tertiary/aromatic N) is 2. The molecule has 6 heteroatoms. The number of carbonyl (C=O) groups excluding carboxylic acids is 2. The predicted molar refractivity (Wildman–Crippen MR) is 117 cm³/mol. The van der Waals surface area contributed by atoms with E-state index in [-0.39, 0.29) is 17.9 Å². The summed E-state index contributed by atoms with van der Waals surface area (Å²) in [6, 6.07) is 13.9. The Morgan fingerprint density at radius 2 is 1.97 bits per heavy atom. The van der Waals surface area contributed by atoms with Crippen molar-refractivity contribution in [3.63, 3.8) is 0 Å². The Bertz CT molecular complexity index is 1100. The van der Waals surface area contributed by atoms with Crippen LogP contribution in [0.25, 0.3) is 5.69 Å². The summed E-state index contributed by atoms with van der Waals surface area (Å²) in [4.78, 5) is 24.6. The zero-order valence-corrected chi connectivity index (χ0v) is 17.5. The van der Waals surface area contributed by atoms with E-state index in [2.05, 4.69) is 21.8 Å². The summed E-state index contributed by atoms with van der Waals surface area (Å²) in [5.41, 5.74) is 6.59. The van der Waals surface area contributed by atoms with Gasteiger partial charge >= 0.3 is 0 Å². The molecule has 0 radical (unpaired) electrons. The number of aryl methyl sites for hydroxylation is 2. The van der Waals surface area contributed by atoms with Gasteiger partial charge in [0.2, 0.25) is 5.91 Å². The monoisotopic (exact) mass is 402 g/mol. The fourth-order valence-corrected chi connectivity index (χ4v) is 3.84. The van der Waals surface area contributed by atoms with Crippen LogP contribution < -0.4 is 10.6 Å². The molecule has 1 atom stereocenters. The van der Waals surface area contributed by atoms with Gasteiger partial charge in [0, 0.05) is 12.1 Å². The van der Waals surface area contributed by atoms with Gasteiger partial charge < -0.3 is 10.6 Å². The maximum atomic E-state index is 13.0. The Labute approximate surface area is 176 Å². The summed E-state index contributed by atoms with van der Waals surface area (Å²) in [6.45, 7) is 6.04. The lowest BCUT2D eigenvalue weighted by atomic mass is 9.97. The minimum atomic E-state index is -0.159. The number of carbonyl (C=O) groups is 2. The van der Waals surface area contributed by atoms with Crippen LogP contribution in [0.2, 0.25) is 0 Å². The van der Waals surface area contributed by atoms with E-state index in [9.17, 15) is 9.59 Å². The Balaban J connectivity index is 1.54. The number of fused-ring (bicyclic) bond motifs is 1. The molecule has 1 aliphatic heterocycles. The zero-order valence-electron chi connectivity index (χ0n) is 17.5. The first-order chi connectivity index (χ1) is 14.5. The molecule has 0 saturated heterocycles. The van der Waals surface area contributed by atoms with Gasteiger partial charge in [-0.3, -0.25) is 9.59 Å². The number of anilines is 1. The number of nitrogens with one attached hydrogen (secondary N) is 2. The average molecular weight is 402 g/mol. The van der Waals surface area contributed by atoms with Crippen LogP contribution >= 0.6 is 0 Å². The molecule has 0 bridgehead atoms. The third-order valence-electron chi connectivity index (χ3n) is 5.60. The first kappa shape index (κ1) is 19.9. The highest BCUT2D eigenvalue weighted by Crippen LogP contribution is 2.26. The van der Waals surface area contributed by atoms with Gasteiger partial charge in [0.05, 0.1) is 29.2 Å². The maximum Gasteiger partial charge on any atom is 0.255 e. The van der Waals surface area contributed by atoms with E-state index in [1.165, 1.54) is 5.56 Å². The molecule has 0 saturated carbocycles. The first-order valence-electron chi connectivity index (χ1n) is 10.3. The minimum Gasteiger partial charge on any atom is -0.345 e. The molecule has 2 N–H and O–H groups in total. The van der Waals surface area contributed by atoms with Crippen LogP contribution in [0.1, 0.15) is 59.1 Å². The fourth-order valence-electron chi connectivity index (χ4n) is 3.84. The van der Waals surface area contributed by atoms with Crippen molar-refractivity contribution in [2.45, 2.75) is 46.1 Å². The van der Waals surface area contributed by atoms with Crippen molar-refractivity contribution in [2.75, 3.05) is 5.32 Å². The number of aromatic nitrogens is 2. The molecule has 0 fully saturated rings. The highest BCUT2D eigenvalue weighted by Gasteiger charge is 2.21. The quantitative estimate of drug-likeness (QED) is 0.674. The van der Waals surface area contributed by atoms with Crippen molar-refractivity contribution in [3.8, 4) is 5.69 Å². The van der Waals surface area contributed by atoms with Crippen LogP contribution in [0.5, 0.6) is 0 Å². The van der Waals surface area contributed by atoms with E-state index in [0.717, 1.165) is 34.6 Å². The van der Waals surface area contributed by atoms with Crippen molar-refractivity contribution in [2.24, 2.45) is 0 Å². The van der Waals surface area contributed by atoms with E-state index in [0.29, 0.717) is 18.4 Å². The molecular formula is C24H26N4O2. The number of hydrogen-bond acceptors (Lipinski definition) is 3. The zero-order chi connectivity index (χ0) is 21.3. The number of amides is 2. The van der Waals surface area contributed by atoms with Crippen molar-refractivity contribution in [1.82, 2.24) is 15.1 Å². The van der Waals surface area contributed by atoms with Gasteiger partial charge in [0.15, 0.2) is 0 Å². The smallest absolute Gasteiger partial charge is 0.255 e. The van der Waals surface area contributed by atoms with Crippen molar-refractivity contribution in [3.05, 3.63) is 76.6 Å². The number of hydrogen-bond donors (Lipinski definition) is 2. The summed E-state index contributed by atoms with van der Waals surface area (Å²) in [5, 5.41) is 10.5. The number of benzene rings is 2. The van der Waals surface area contributed by atoms with Gasteiger partial charge in [-0.2, -0.15) is 5.10 Å². The van der Waals surface area contributed by atoms with Crippen LogP contribution in [-0.4, -0.2) is 21.6 Å². The summed E-state index contributed by atoms with van der Waals surface area (Å²) in [5.74, 6) is -0.0852. The molecule has 4 rings (SSSR count). The molecule has 0 aliphatic carbocycles. The average Bonchev–Trinajstić information content (AvgIpc) is 3.18. The molecule has 1 unspecified atom stereocenters. The lowest BCUT2D eigenvalue weighted by Gasteiger charge is -2.20. The van der Waals surface area contributed by atoms with Gasteiger partial charge in [0.25, 0.3) is 5.91 Å². The summed E-state index contributed by atoms with van der Waals surface area (Å²) >= 11 is 0. The molecule has 2 aromatic carbocycles. The fraction of sp³-hybridized carbons (Fsp3) is 0.292. The lowest BCUT2D eigenvalue weighted by Crippen LogP contribution is -2.27. The Morgan fingerprint density at radius 3 is 2.70 bits per heavy atom. The van der Waals surface area contributed by atoms with Crippen molar-refractivity contribution in [1.29, 1.82) is 0 Å². The van der Waals surface area contributed by atoms with Crippen LogP contribution in [-0.2, 0) is 17.6 Å². The van der Waals surface area contributed by atoms with E-state index in [4.69, 9.17) is 0 Å². The summed E-state index contributed by atoms with van der Waals surface area (Å²) < 4.78 is 1.83. The topological polar surface area (TPSA) is 76.0 Å². The standard InChI is InChI=1S/C24H26N4O2/c1-4-22-20(14-25-28(22)19-9-5-15(2)6-10-19)24(30)26-16(3)17-7-11-21-18(13-17)8-12-23(29)27-21/h5-7,9-11,13-14,16H,4,8,12H2,1-3H3,(H,26,30)(H,27,29). The molecular weight excluding hydrogens is 376 g/mol. The molecule has 0 spiro atoms. The maximum absolute atomic E-state index is 13.0. The van der Waals surface area contributed by atoms with Gasteiger partial charge in [-0.05, 0) is 56.0 Å². The Morgan fingerprint density at radius 1 is 1.20 bits per heavy atom. The van der Waals surface area contributed by atoms with Crippen molar-refractivity contribution < 1.29 is 9.59 Å². The second-order valence-electron chi connectivity index (χ2n) is 7.77. The third-order valence-corrected chi connectivity index (χ3v) is 5.60. The largest absolute Gasteiger partial charge is 0.345 e. The highest BCUT2D eigenvalue weighted by atomic mass is 16.2. The minimum absolute atomic E-state index is 0.0503. The van der Waals surface area contributed by atoms with Gasteiger partial charge in [-0.15, -0.1) is 0 Å². The molecule has 2 heterocycles. The van der Waals surface area contributed by atoms with E-state index < -0.39 is 0 Å². The van der Waals surface area contributed by atoms with Crippen LogP contribution in [0.3, 0.4) is 0 Å². The van der Waals surface area contributed by atoms with Gasteiger partial charge in [-0.1, -0.05) is 36.8 Å². The second kappa shape index (κ2) is 8.14. The van der Waals surface area contributed by atoms with E-state index in [1.807, 2.05) is 61.9 Å². The lowest BCUT2D eigenvalue weighted by molar-refractivity contribution is -0.116. The normalized spacial score (nSPS) is 14.0. The first-order valence-corrected chi connectivity index (χ1v) is 10.3. The molecule has 154 valence electrons. The van der Waals surface area contributed by atoms with Gasteiger partial charge in [0.1, 0.15) is 0 Å². The Kier molecular flexibility index (Phi) is 5.40. The van der Waals surface area contributed by atoms with Crippen LogP contribution in [0.15, 0.2) is 48.7 Å². The molecule has 1 aliphatic rings. The molecule has 1 aromatic heterocycles. The highest BCUT2D eigenvalue weighted by molar-refractivity contribution is 5.96. The van der Waals surface area contributed by atoms with E-state index >= 15 is 0 Å². The molecule has 2 amide bonds. The van der Waals surface area contributed by atoms with Gasteiger partial charge in [-0.25, -0.2) is 4.68 Å². The SMILES string of the molecule is CCc1c(C(=O)NC(C)c2ccc3c(c2)CCC(=O)N3)cnn1-c1ccc(C)cc1. The molecule has 30 heavy (non-hydrogen) atoms. The molecule has 3 aromatic rings.